The molecular weight excluding hydrogens is 322 g/mol. The van der Waals surface area contributed by atoms with Crippen LogP contribution < -0.4 is 0 Å². The molecule has 1 spiro atoms. The fraction of sp³-hybridized carbons (Fsp3) is 0. The minimum Gasteiger partial charge on any atom is -0.347 e. The topological polar surface area (TPSA) is 83.4 Å². The summed E-state index contributed by atoms with van der Waals surface area (Å²) in [6, 6.07) is 6.69. The highest BCUT2D eigenvalue weighted by molar-refractivity contribution is 9.11. The van der Waals surface area contributed by atoms with Crippen molar-refractivity contribution in [1.29, 1.82) is 0 Å². The lowest BCUT2D eigenvalue weighted by Crippen LogP contribution is -2.48. The molecule has 4 rings (SSSR count). The van der Waals surface area contributed by atoms with Gasteiger partial charge < -0.3 is 4.18 Å². The molecule has 0 amide bonds. The van der Waals surface area contributed by atoms with Crippen molar-refractivity contribution in [3.05, 3.63) is 24.3 Å². The highest BCUT2D eigenvalue weighted by Crippen LogP contribution is 3.09. The maximum Gasteiger partial charge on any atom is 0.376 e. The van der Waals surface area contributed by atoms with Gasteiger partial charge in [-0.05, 0) is 12.1 Å². The monoisotopic (exact) mass is 327 g/mol. The molecule has 2 saturated heterocycles. The van der Waals surface area contributed by atoms with E-state index in [1.807, 2.05) is 0 Å². The number of rotatable bonds is 0. The molecule has 11 heteroatoms. The van der Waals surface area contributed by atoms with Crippen LogP contribution in [-0.4, -0.2) is 13.6 Å². The summed E-state index contributed by atoms with van der Waals surface area (Å²) in [5.74, 6) is 0. The van der Waals surface area contributed by atoms with Crippen molar-refractivity contribution < 1.29 is 23.5 Å². The van der Waals surface area contributed by atoms with Gasteiger partial charge in [0, 0.05) is 0 Å². The van der Waals surface area contributed by atoms with Gasteiger partial charge in [-0.2, -0.15) is 19.3 Å². The number of benzene rings is 1. The van der Waals surface area contributed by atoms with Crippen LogP contribution in [0.2, 0.25) is 0 Å². The van der Waals surface area contributed by atoms with Crippen molar-refractivity contribution in [1.82, 2.24) is 0 Å². The lowest BCUT2D eigenvalue weighted by molar-refractivity contribution is 0.326. The second-order valence-corrected chi connectivity index (χ2v) is 12.0. The van der Waals surface area contributed by atoms with E-state index < -0.39 is 30.9 Å². The van der Waals surface area contributed by atoms with Crippen LogP contribution in [0, 0.1) is 0 Å². The largest absolute Gasteiger partial charge is 0.376 e. The zero-order chi connectivity index (χ0) is 12.7. The quantitative estimate of drug-likeness (QED) is 0.577. The summed E-state index contributed by atoms with van der Waals surface area (Å²) in [4.78, 5) is 4.44. The zero-order valence-corrected chi connectivity index (χ0v) is 11.7. The van der Waals surface area contributed by atoms with Gasteiger partial charge in [0.25, 0.3) is 0 Å². The molecule has 3 aliphatic rings. The van der Waals surface area contributed by atoms with Gasteiger partial charge in [0.05, 0.1) is 10.6 Å². The number of fused-ring (bicyclic) bond motifs is 1. The molecule has 1 aromatic rings. The first-order valence-corrected chi connectivity index (χ1v) is 9.85. The Labute approximate surface area is 111 Å². The van der Waals surface area contributed by atoms with Gasteiger partial charge in [-0.25, -0.2) is 4.99 Å². The lowest BCUT2D eigenvalue weighted by atomic mass is 10.3. The predicted octanol–water partition coefficient (Wildman–Crippen LogP) is 1.76. The van der Waals surface area contributed by atoms with Crippen LogP contribution in [0.1, 0.15) is 0 Å². The summed E-state index contributed by atoms with van der Waals surface area (Å²) in [5, 5.41) is -0.183. The van der Waals surface area contributed by atoms with Gasteiger partial charge in [-0.1, -0.05) is 23.8 Å². The second-order valence-electron chi connectivity index (χ2n) is 3.75. The Morgan fingerprint density at radius 1 is 1.11 bits per heavy atom. The van der Waals surface area contributed by atoms with Gasteiger partial charge in [0.15, 0.2) is 0 Å². The molecule has 3 heterocycles. The lowest BCUT2D eigenvalue weighted by Gasteiger charge is -2.66. The summed E-state index contributed by atoms with van der Waals surface area (Å²) in [6.07, 6.45) is 0. The first-order valence-electron chi connectivity index (χ1n) is 4.57. The highest BCUT2D eigenvalue weighted by atomic mass is 33.2. The number of para-hydroxylation sites is 1. The highest BCUT2D eigenvalue weighted by Gasteiger charge is 2.86. The molecule has 0 radical (unpaired) electrons. The summed E-state index contributed by atoms with van der Waals surface area (Å²) in [5.41, 5.74) is 0.456. The van der Waals surface area contributed by atoms with E-state index in [2.05, 4.69) is 16.7 Å². The van der Waals surface area contributed by atoms with Crippen molar-refractivity contribution >= 4 is 53.5 Å². The smallest absolute Gasteiger partial charge is 0.347 e. The number of nitrogens with zero attached hydrogens (tertiary/aromatic N) is 1. The molecule has 1 atom stereocenters. The van der Waals surface area contributed by atoms with E-state index >= 15 is 0 Å². The van der Waals surface area contributed by atoms with E-state index in [-0.39, 0.29) is 5.23 Å². The van der Waals surface area contributed by atoms with E-state index in [1.54, 1.807) is 24.3 Å². The van der Waals surface area contributed by atoms with Gasteiger partial charge in [0.1, 0.15) is 8.17 Å². The summed E-state index contributed by atoms with van der Waals surface area (Å²) in [6.45, 7) is 0. The maximum atomic E-state index is 11.5. The fourth-order valence-corrected chi connectivity index (χ4v) is 11.9. The van der Waals surface area contributed by atoms with Crippen LogP contribution in [0.4, 0.5) is 5.69 Å². The second kappa shape index (κ2) is 2.70. The molecule has 0 bridgehead atoms. The average Bonchev–Trinajstić information content (AvgIpc) is 2.61. The molecule has 1 unspecified atom stereocenters. The molecule has 18 heavy (non-hydrogen) atoms. The van der Waals surface area contributed by atoms with Crippen LogP contribution >= 0.6 is 19.8 Å². The summed E-state index contributed by atoms with van der Waals surface area (Å²) >= 11 is 0.171. The van der Waals surface area contributed by atoms with Crippen LogP contribution in [0.5, 0.6) is 0 Å². The zero-order valence-electron chi connectivity index (χ0n) is 8.38. The predicted molar refractivity (Wildman–Crippen MR) is 69.0 cm³/mol. The SMILES string of the molecule is O=S1OC2=Nc3ccccc3S23(S)(O1)OS(=O)O3. The molecule has 0 N–H and O–H groups in total. The fourth-order valence-electron chi connectivity index (χ4n) is 1.98. The van der Waals surface area contributed by atoms with E-state index in [0.717, 1.165) is 0 Å². The van der Waals surface area contributed by atoms with E-state index in [1.165, 1.54) is 0 Å². The average molecular weight is 327 g/mol. The van der Waals surface area contributed by atoms with Crippen LogP contribution in [-0.2, 0) is 37.8 Å². The van der Waals surface area contributed by atoms with Gasteiger partial charge in [-0.3, -0.25) is 0 Å². The minimum absolute atomic E-state index is 0.183. The molecule has 3 aliphatic heterocycles. The number of aliphatic imine (C=N–C) groups is 1. The summed E-state index contributed by atoms with van der Waals surface area (Å²) in [7, 11) is -4.76. The van der Waals surface area contributed by atoms with Crippen molar-refractivity contribution in [2.24, 2.45) is 4.99 Å². The van der Waals surface area contributed by atoms with E-state index in [4.69, 9.17) is 15.1 Å². The first kappa shape index (κ1) is 11.4. The third-order valence-electron chi connectivity index (χ3n) is 2.70. The Bertz CT molecular complexity index is 708. The number of hydrogen-bond donors (Lipinski definition) is 1. The van der Waals surface area contributed by atoms with Gasteiger partial charge in [0.2, 0.25) is 0 Å². The van der Waals surface area contributed by atoms with E-state index in [9.17, 15) is 8.42 Å². The molecular formula is C7H5NO6S4. The number of thiol groups is 1. The van der Waals surface area contributed by atoms with Gasteiger partial charge >= 0.3 is 28.0 Å². The van der Waals surface area contributed by atoms with Crippen molar-refractivity contribution in [2.75, 3.05) is 0 Å². The Morgan fingerprint density at radius 3 is 2.50 bits per heavy atom. The van der Waals surface area contributed by atoms with Crippen LogP contribution in [0.25, 0.3) is 0 Å². The molecule has 7 nitrogen and oxygen atoms in total. The Kier molecular flexibility index (Phi) is 1.71. The van der Waals surface area contributed by atoms with Crippen molar-refractivity contribution in [3.63, 3.8) is 0 Å². The van der Waals surface area contributed by atoms with E-state index in [0.29, 0.717) is 10.6 Å². The molecule has 0 aliphatic carbocycles. The first-order chi connectivity index (χ1) is 8.41. The molecule has 2 fully saturated rings. The normalized spacial score (nSPS) is 39.9. The molecule has 1 aromatic carbocycles. The molecule has 98 valence electrons. The third kappa shape index (κ3) is 0.931. The Balaban J connectivity index is 2.15. The van der Waals surface area contributed by atoms with Crippen molar-refractivity contribution in [2.45, 2.75) is 4.90 Å². The Hall–Kier alpha value is -0.430. The maximum absolute atomic E-state index is 11.5. The summed E-state index contributed by atoms with van der Waals surface area (Å²) < 4.78 is 43.5. The third-order valence-corrected chi connectivity index (χ3v) is 13.1. The van der Waals surface area contributed by atoms with Gasteiger partial charge in [-0.15, -0.1) is 0 Å². The van der Waals surface area contributed by atoms with Crippen molar-refractivity contribution in [3.8, 4) is 0 Å². The minimum atomic E-state index is -4.76. The molecule has 0 saturated carbocycles. The standard InChI is InChI=1S/C7H5NO6S4/c9-16-11-7-8-5-3-1-2-4-6(5)18(7,15,12-16)13-17(10)14-18/h1-4,15H. The van der Waals surface area contributed by atoms with Crippen LogP contribution in [0.3, 0.4) is 0 Å². The molecule has 0 aromatic heterocycles. The van der Waals surface area contributed by atoms with Crippen LogP contribution in [0.15, 0.2) is 34.2 Å². The Morgan fingerprint density at radius 2 is 1.78 bits per heavy atom. The number of hydrogen-bond acceptors (Lipinski definition) is 8.